The van der Waals surface area contributed by atoms with E-state index in [2.05, 4.69) is 173 Å². The van der Waals surface area contributed by atoms with E-state index in [1.165, 1.54) is 79.2 Å². The molecule has 1 nitrogen and oxygen atoms in total. The number of hydrogen-bond donors (Lipinski definition) is 0. The van der Waals surface area contributed by atoms with Crippen LogP contribution in [0.1, 0.15) is 51.7 Å². The fourth-order valence-corrected chi connectivity index (χ4v) is 11.3. The number of para-hydroxylation sites is 1. The number of hydrogen-bond acceptors (Lipinski definition) is 1. The zero-order chi connectivity index (χ0) is 31.8. The third kappa shape index (κ3) is 4.49. The summed E-state index contributed by atoms with van der Waals surface area (Å²) in [5, 5.41) is 5.58. The molecule has 6 aromatic carbocycles. The van der Waals surface area contributed by atoms with Crippen molar-refractivity contribution in [2.24, 2.45) is 0 Å². The molecule has 46 heavy (non-hydrogen) atoms. The van der Waals surface area contributed by atoms with E-state index in [1.54, 1.807) is 5.19 Å². The van der Waals surface area contributed by atoms with Crippen LogP contribution in [-0.2, 0) is 10.8 Å². The smallest absolute Gasteiger partial charge is 0.113 e. The van der Waals surface area contributed by atoms with Crippen molar-refractivity contribution in [1.29, 1.82) is 0 Å². The lowest BCUT2D eigenvalue weighted by Gasteiger charge is -2.42. The van der Waals surface area contributed by atoms with Gasteiger partial charge in [0.1, 0.15) is 8.07 Å². The Kier molecular flexibility index (Phi) is 6.50. The van der Waals surface area contributed by atoms with E-state index in [4.69, 9.17) is 0 Å². The lowest BCUT2D eigenvalue weighted by atomic mass is 9.63. The Hall–Kier alpha value is -4.40. The first-order chi connectivity index (χ1) is 22.0. The molecule has 0 unspecified atom stereocenters. The van der Waals surface area contributed by atoms with Gasteiger partial charge in [0.2, 0.25) is 0 Å². The summed E-state index contributed by atoms with van der Waals surface area (Å²) in [6.45, 7) is 14.6. The summed E-state index contributed by atoms with van der Waals surface area (Å²) in [6, 6.07) is 48.2. The fourth-order valence-electron chi connectivity index (χ4n) is 8.26. The standard InChI is InChI=1S/C44H43NSi/c1-43(2)25-26-44(3,4)39-28-32(20-23-38(39)43)35-15-9-11-17-40(35)45(33-21-19-30-13-7-8-14-31(30)27-33)34-22-24-42-37(29-34)36-16-10-12-18-41(36)46(42,5)6/h7-24,27-29H,25-26H2,1-6H3. The van der Waals surface area contributed by atoms with Crippen LogP contribution >= 0.6 is 0 Å². The van der Waals surface area contributed by atoms with Gasteiger partial charge in [0.05, 0.1) is 5.69 Å². The molecular formula is C44H43NSi. The summed E-state index contributed by atoms with van der Waals surface area (Å²) >= 11 is 0. The van der Waals surface area contributed by atoms with Gasteiger partial charge in [0.25, 0.3) is 0 Å². The van der Waals surface area contributed by atoms with E-state index in [1.807, 2.05) is 0 Å². The minimum absolute atomic E-state index is 0.151. The van der Waals surface area contributed by atoms with Gasteiger partial charge in [-0.2, -0.15) is 0 Å². The summed E-state index contributed by atoms with van der Waals surface area (Å²) in [5.74, 6) is 0. The van der Waals surface area contributed by atoms with E-state index >= 15 is 0 Å². The molecule has 0 radical (unpaired) electrons. The maximum atomic E-state index is 2.50. The third-order valence-corrected chi connectivity index (χ3v) is 14.7. The first-order valence-corrected chi connectivity index (χ1v) is 19.8. The molecule has 0 amide bonds. The quantitative estimate of drug-likeness (QED) is 0.179. The Morgan fingerprint density at radius 1 is 0.500 bits per heavy atom. The number of anilines is 3. The zero-order valence-electron chi connectivity index (χ0n) is 28.0. The molecule has 0 fully saturated rings. The van der Waals surface area contributed by atoms with Gasteiger partial charge in [-0.05, 0) is 103 Å². The molecule has 1 aliphatic carbocycles. The van der Waals surface area contributed by atoms with Crippen molar-refractivity contribution in [1.82, 2.24) is 0 Å². The van der Waals surface area contributed by atoms with Gasteiger partial charge in [0, 0.05) is 16.9 Å². The van der Waals surface area contributed by atoms with Crippen molar-refractivity contribution in [2.45, 2.75) is 64.5 Å². The first kappa shape index (κ1) is 29.0. The molecule has 6 aromatic rings. The predicted molar refractivity (Wildman–Crippen MR) is 202 cm³/mol. The molecular weight excluding hydrogens is 571 g/mol. The summed E-state index contributed by atoms with van der Waals surface area (Å²) in [4.78, 5) is 2.49. The highest BCUT2D eigenvalue weighted by Gasteiger charge is 2.38. The highest BCUT2D eigenvalue weighted by molar-refractivity contribution is 7.03. The molecule has 1 aliphatic heterocycles. The molecule has 0 saturated heterocycles. The Morgan fingerprint density at radius 2 is 1.11 bits per heavy atom. The molecule has 0 N–H and O–H groups in total. The van der Waals surface area contributed by atoms with Crippen LogP contribution in [0.5, 0.6) is 0 Å². The van der Waals surface area contributed by atoms with E-state index in [-0.39, 0.29) is 10.8 Å². The SMILES string of the molecule is CC1(C)CCC(C)(C)c2cc(-c3ccccc3N(c3ccc4c(c3)-c3ccccc3[Si]4(C)C)c3ccc4ccccc4c3)ccc21. The van der Waals surface area contributed by atoms with Crippen LogP contribution < -0.4 is 15.3 Å². The Bertz CT molecular complexity index is 2150. The lowest BCUT2D eigenvalue weighted by Crippen LogP contribution is -2.49. The first-order valence-electron chi connectivity index (χ1n) is 16.8. The van der Waals surface area contributed by atoms with Crippen molar-refractivity contribution in [2.75, 3.05) is 4.90 Å². The van der Waals surface area contributed by atoms with Gasteiger partial charge in [-0.25, -0.2) is 0 Å². The van der Waals surface area contributed by atoms with Crippen molar-refractivity contribution < 1.29 is 0 Å². The Labute approximate surface area is 275 Å². The third-order valence-electron chi connectivity index (χ3n) is 11.1. The number of benzene rings is 6. The van der Waals surface area contributed by atoms with Gasteiger partial charge in [-0.3, -0.25) is 0 Å². The van der Waals surface area contributed by atoms with Crippen molar-refractivity contribution >= 4 is 46.3 Å². The number of fused-ring (bicyclic) bond motifs is 5. The molecule has 0 aromatic heterocycles. The molecule has 0 saturated carbocycles. The van der Waals surface area contributed by atoms with Crippen LogP contribution in [0.25, 0.3) is 33.0 Å². The summed E-state index contributed by atoms with van der Waals surface area (Å²) < 4.78 is 0. The summed E-state index contributed by atoms with van der Waals surface area (Å²) in [5.41, 5.74) is 12.3. The van der Waals surface area contributed by atoms with Gasteiger partial charge in [-0.1, -0.05) is 138 Å². The Balaban J connectivity index is 1.35. The average Bonchev–Trinajstić information content (AvgIpc) is 3.29. The number of rotatable bonds is 4. The largest absolute Gasteiger partial charge is 0.310 e. The average molecular weight is 614 g/mol. The fraction of sp³-hybridized carbons (Fsp3) is 0.227. The van der Waals surface area contributed by atoms with Crippen molar-refractivity contribution in [3.05, 3.63) is 139 Å². The molecule has 1 heterocycles. The maximum Gasteiger partial charge on any atom is 0.113 e. The van der Waals surface area contributed by atoms with Crippen LogP contribution in [0, 0.1) is 0 Å². The predicted octanol–water partition coefficient (Wildman–Crippen LogP) is 11.1. The van der Waals surface area contributed by atoms with E-state index < -0.39 is 8.07 Å². The van der Waals surface area contributed by atoms with Crippen LogP contribution in [-0.4, -0.2) is 8.07 Å². The van der Waals surface area contributed by atoms with E-state index in [0.29, 0.717) is 0 Å². The summed E-state index contributed by atoms with van der Waals surface area (Å²) in [6.07, 6.45) is 2.43. The topological polar surface area (TPSA) is 3.24 Å². The molecule has 228 valence electrons. The normalized spacial score (nSPS) is 16.8. The van der Waals surface area contributed by atoms with Gasteiger partial charge < -0.3 is 4.90 Å². The molecule has 0 bridgehead atoms. The molecule has 8 rings (SSSR count). The van der Waals surface area contributed by atoms with Crippen LogP contribution in [0.15, 0.2) is 127 Å². The molecule has 0 spiro atoms. The minimum atomic E-state index is -1.76. The summed E-state index contributed by atoms with van der Waals surface area (Å²) in [7, 11) is -1.76. The highest BCUT2D eigenvalue weighted by Crippen LogP contribution is 2.49. The van der Waals surface area contributed by atoms with Gasteiger partial charge >= 0.3 is 0 Å². The molecule has 0 atom stereocenters. The zero-order valence-corrected chi connectivity index (χ0v) is 29.0. The second kappa shape index (κ2) is 10.3. The lowest BCUT2D eigenvalue weighted by molar-refractivity contribution is 0.332. The molecule has 2 aliphatic rings. The van der Waals surface area contributed by atoms with E-state index in [0.717, 1.165) is 0 Å². The van der Waals surface area contributed by atoms with Gasteiger partial charge in [0.15, 0.2) is 0 Å². The maximum absolute atomic E-state index is 2.50. The monoisotopic (exact) mass is 613 g/mol. The van der Waals surface area contributed by atoms with Crippen LogP contribution in [0.3, 0.4) is 0 Å². The van der Waals surface area contributed by atoms with E-state index in [9.17, 15) is 0 Å². The molecule has 2 heteroatoms. The minimum Gasteiger partial charge on any atom is -0.310 e. The van der Waals surface area contributed by atoms with Crippen molar-refractivity contribution in [3.8, 4) is 22.3 Å². The Morgan fingerprint density at radius 3 is 1.91 bits per heavy atom. The van der Waals surface area contributed by atoms with Crippen molar-refractivity contribution in [3.63, 3.8) is 0 Å². The highest BCUT2D eigenvalue weighted by atomic mass is 28.3. The number of nitrogens with zero attached hydrogens (tertiary/aromatic N) is 1. The second-order valence-electron chi connectivity index (χ2n) is 15.3. The van der Waals surface area contributed by atoms with Gasteiger partial charge in [-0.15, -0.1) is 0 Å². The second-order valence-corrected chi connectivity index (χ2v) is 19.6. The van der Waals surface area contributed by atoms with Crippen LogP contribution in [0.2, 0.25) is 13.1 Å². The van der Waals surface area contributed by atoms with Crippen LogP contribution in [0.4, 0.5) is 17.1 Å².